The van der Waals surface area contributed by atoms with E-state index in [2.05, 4.69) is 0 Å². The van der Waals surface area contributed by atoms with E-state index in [1.807, 2.05) is 6.07 Å². The highest BCUT2D eigenvalue weighted by Crippen LogP contribution is 2.36. The second kappa shape index (κ2) is 7.04. The average Bonchev–Trinajstić information content (AvgIpc) is 2.55. The fraction of sp³-hybridized carbons (Fsp3) is 0.176. The van der Waals surface area contributed by atoms with Crippen molar-refractivity contribution in [2.45, 2.75) is 19.2 Å². The normalized spacial score (nSPS) is 12.1. The Morgan fingerprint density at radius 2 is 1.75 bits per heavy atom. The Morgan fingerprint density at radius 1 is 1.12 bits per heavy atom. The van der Waals surface area contributed by atoms with E-state index in [1.54, 1.807) is 0 Å². The second-order valence-electron chi connectivity index (χ2n) is 4.81. The molecule has 0 spiro atoms. The van der Waals surface area contributed by atoms with Crippen molar-refractivity contribution in [3.8, 4) is 17.6 Å². The van der Waals surface area contributed by atoms with Crippen LogP contribution in [0.5, 0.6) is 11.5 Å². The monoisotopic (exact) mass is 335 g/mol. The fourth-order valence-corrected chi connectivity index (χ4v) is 1.84. The maximum Gasteiger partial charge on any atom is 0.419 e. The number of nitrogens with zero attached hydrogens (tertiary/aromatic N) is 1. The highest BCUT2D eigenvalue weighted by molar-refractivity contribution is 5.77. The summed E-state index contributed by atoms with van der Waals surface area (Å²) in [5.74, 6) is -1.25. The molecule has 2 aromatic rings. The molecule has 0 saturated carbocycles. The molecule has 7 heteroatoms. The van der Waals surface area contributed by atoms with Crippen molar-refractivity contribution >= 4 is 5.97 Å². The van der Waals surface area contributed by atoms with Crippen molar-refractivity contribution in [2.75, 3.05) is 0 Å². The Balaban J connectivity index is 2.08. The minimum atomic E-state index is -4.63. The lowest BCUT2D eigenvalue weighted by atomic mass is 10.2. The number of para-hydroxylation sites is 1. The molecule has 1 atom stereocenters. The standard InChI is InChI=1S/C17H12F3NO3/c1-11(23-13-8-6-12(10-21)7-9-13)16(22)24-15-5-3-2-4-14(15)17(18,19)20/h2-9,11H,1H3. The van der Waals surface area contributed by atoms with Gasteiger partial charge in [0.2, 0.25) is 0 Å². The van der Waals surface area contributed by atoms with E-state index in [9.17, 15) is 18.0 Å². The molecule has 0 bridgehead atoms. The number of rotatable bonds is 4. The van der Waals surface area contributed by atoms with Crippen LogP contribution < -0.4 is 9.47 Å². The molecule has 1 unspecified atom stereocenters. The van der Waals surface area contributed by atoms with Crippen LogP contribution in [0.25, 0.3) is 0 Å². The van der Waals surface area contributed by atoms with Gasteiger partial charge in [0, 0.05) is 0 Å². The smallest absolute Gasteiger partial charge is 0.419 e. The highest BCUT2D eigenvalue weighted by atomic mass is 19.4. The van der Waals surface area contributed by atoms with E-state index in [4.69, 9.17) is 14.7 Å². The molecule has 0 fully saturated rings. The third-order valence-electron chi connectivity index (χ3n) is 3.03. The van der Waals surface area contributed by atoms with Gasteiger partial charge < -0.3 is 9.47 Å². The van der Waals surface area contributed by atoms with Gasteiger partial charge in [-0.15, -0.1) is 0 Å². The number of carbonyl (C=O) groups excluding carboxylic acids is 1. The van der Waals surface area contributed by atoms with Crippen LogP contribution in [-0.4, -0.2) is 12.1 Å². The summed E-state index contributed by atoms with van der Waals surface area (Å²) in [6, 6.07) is 12.3. The first-order valence-electron chi connectivity index (χ1n) is 6.86. The first-order valence-corrected chi connectivity index (χ1v) is 6.86. The van der Waals surface area contributed by atoms with Crippen LogP contribution in [0, 0.1) is 11.3 Å². The maximum atomic E-state index is 12.9. The molecule has 0 heterocycles. The largest absolute Gasteiger partial charge is 0.479 e. The summed E-state index contributed by atoms with van der Waals surface area (Å²) in [6.45, 7) is 1.36. The van der Waals surface area contributed by atoms with Gasteiger partial charge in [0.25, 0.3) is 0 Å². The summed E-state index contributed by atoms with van der Waals surface area (Å²) in [7, 11) is 0. The lowest BCUT2D eigenvalue weighted by Gasteiger charge is -2.16. The number of halogens is 3. The van der Waals surface area contributed by atoms with E-state index < -0.39 is 29.6 Å². The molecular formula is C17H12F3NO3. The molecule has 124 valence electrons. The van der Waals surface area contributed by atoms with Crippen molar-refractivity contribution in [3.05, 3.63) is 59.7 Å². The molecule has 0 aliphatic heterocycles. The maximum absolute atomic E-state index is 12.9. The van der Waals surface area contributed by atoms with E-state index in [0.717, 1.165) is 12.1 Å². The van der Waals surface area contributed by atoms with Crippen LogP contribution in [0.1, 0.15) is 18.1 Å². The average molecular weight is 335 g/mol. The van der Waals surface area contributed by atoms with Crippen molar-refractivity contribution in [1.82, 2.24) is 0 Å². The first-order chi connectivity index (χ1) is 11.3. The molecule has 0 amide bonds. The number of hydrogen-bond donors (Lipinski definition) is 0. The number of carbonyl (C=O) groups is 1. The summed E-state index contributed by atoms with van der Waals surface area (Å²) in [5.41, 5.74) is -0.624. The lowest BCUT2D eigenvalue weighted by Crippen LogP contribution is -2.29. The first kappa shape index (κ1) is 17.3. The van der Waals surface area contributed by atoms with Gasteiger partial charge in [-0.05, 0) is 43.3 Å². The van der Waals surface area contributed by atoms with Crippen LogP contribution in [0.15, 0.2) is 48.5 Å². The Hall–Kier alpha value is -3.01. The molecule has 0 aliphatic carbocycles. The fourth-order valence-electron chi connectivity index (χ4n) is 1.84. The van der Waals surface area contributed by atoms with Gasteiger partial charge in [-0.25, -0.2) is 4.79 Å². The van der Waals surface area contributed by atoms with Gasteiger partial charge in [-0.3, -0.25) is 0 Å². The topological polar surface area (TPSA) is 59.3 Å². The number of esters is 1. The van der Waals surface area contributed by atoms with Crippen molar-refractivity contribution in [3.63, 3.8) is 0 Å². The van der Waals surface area contributed by atoms with Gasteiger partial charge in [-0.2, -0.15) is 18.4 Å². The predicted octanol–water partition coefficient (Wildman–Crippen LogP) is 3.95. The SMILES string of the molecule is CC(Oc1ccc(C#N)cc1)C(=O)Oc1ccccc1C(F)(F)F. The van der Waals surface area contributed by atoms with Gasteiger partial charge >= 0.3 is 12.1 Å². The molecule has 4 nitrogen and oxygen atoms in total. The summed E-state index contributed by atoms with van der Waals surface area (Å²) in [6.07, 6.45) is -5.76. The van der Waals surface area contributed by atoms with E-state index in [1.165, 1.54) is 43.3 Å². The Labute approximate surface area is 136 Å². The molecule has 2 aromatic carbocycles. The molecule has 0 N–H and O–H groups in total. The van der Waals surface area contributed by atoms with Crippen LogP contribution in [0.2, 0.25) is 0 Å². The van der Waals surface area contributed by atoms with Crippen molar-refractivity contribution < 1.29 is 27.4 Å². The summed E-state index contributed by atoms with van der Waals surface area (Å²) in [5, 5.41) is 8.70. The van der Waals surface area contributed by atoms with E-state index in [0.29, 0.717) is 11.3 Å². The predicted molar refractivity (Wildman–Crippen MR) is 78.3 cm³/mol. The van der Waals surface area contributed by atoms with Gasteiger partial charge in [0.05, 0.1) is 17.2 Å². The van der Waals surface area contributed by atoms with E-state index in [-0.39, 0.29) is 0 Å². The minimum Gasteiger partial charge on any atom is -0.479 e. The van der Waals surface area contributed by atoms with Gasteiger partial charge in [0.1, 0.15) is 11.5 Å². The number of alkyl halides is 3. The number of ether oxygens (including phenoxy) is 2. The third kappa shape index (κ3) is 4.26. The van der Waals surface area contributed by atoms with Crippen LogP contribution in [0.3, 0.4) is 0 Å². The van der Waals surface area contributed by atoms with Crippen molar-refractivity contribution in [1.29, 1.82) is 5.26 Å². The molecule has 2 rings (SSSR count). The zero-order valence-corrected chi connectivity index (χ0v) is 12.5. The Kier molecular flexibility index (Phi) is 5.09. The molecule has 24 heavy (non-hydrogen) atoms. The zero-order chi connectivity index (χ0) is 17.7. The van der Waals surface area contributed by atoms with Crippen LogP contribution in [-0.2, 0) is 11.0 Å². The number of hydrogen-bond acceptors (Lipinski definition) is 4. The van der Waals surface area contributed by atoms with E-state index >= 15 is 0 Å². The molecular weight excluding hydrogens is 323 g/mol. The minimum absolute atomic E-state index is 0.294. The Bertz CT molecular complexity index is 764. The highest BCUT2D eigenvalue weighted by Gasteiger charge is 2.35. The third-order valence-corrected chi connectivity index (χ3v) is 3.03. The van der Waals surface area contributed by atoms with Gasteiger partial charge in [-0.1, -0.05) is 12.1 Å². The number of benzene rings is 2. The Morgan fingerprint density at radius 3 is 2.33 bits per heavy atom. The van der Waals surface area contributed by atoms with Crippen LogP contribution in [0.4, 0.5) is 13.2 Å². The molecule has 0 aromatic heterocycles. The van der Waals surface area contributed by atoms with Crippen LogP contribution >= 0.6 is 0 Å². The molecule has 0 aliphatic rings. The zero-order valence-electron chi connectivity index (χ0n) is 12.5. The van der Waals surface area contributed by atoms with Gasteiger partial charge in [0.15, 0.2) is 6.10 Å². The summed E-state index contributed by atoms with van der Waals surface area (Å²) in [4.78, 5) is 12.0. The second-order valence-corrected chi connectivity index (χ2v) is 4.81. The number of nitriles is 1. The lowest BCUT2D eigenvalue weighted by molar-refractivity contribution is -0.146. The van der Waals surface area contributed by atoms with Crippen molar-refractivity contribution in [2.24, 2.45) is 0 Å². The molecule has 0 saturated heterocycles. The quantitative estimate of drug-likeness (QED) is 0.627. The molecule has 0 radical (unpaired) electrons. The summed E-state index contributed by atoms with van der Waals surface area (Å²) >= 11 is 0. The summed E-state index contributed by atoms with van der Waals surface area (Å²) < 4.78 is 48.7.